The molecule has 4 aromatic rings. The number of rotatable bonds is 7. The topological polar surface area (TPSA) is 78.8 Å². The molecule has 6 heteroatoms. The maximum absolute atomic E-state index is 11.5. The monoisotopic (exact) mass is 445 g/mol. The Balaban J connectivity index is 2.04. The van der Waals surface area contributed by atoms with Crippen LogP contribution in [-0.2, 0) is 10.1 Å². The Hall–Kier alpha value is -3.21. The molecule has 0 saturated carbocycles. The van der Waals surface area contributed by atoms with Crippen molar-refractivity contribution >= 4 is 7.82 Å². The molecule has 0 aromatic heterocycles. The van der Waals surface area contributed by atoms with Crippen LogP contribution in [0.15, 0.2) is 109 Å². The van der Waals surface area contributed by atoms with Crippen molar-refractivity contribution in [3.63, 3.8) is 0 Å². The van der Waals surface area contributed by atoms with E-state index in [9.17, 15) is 14.4 Å². The van der Waals surface area contributed by atoms with Gasteiger partial charge in [0.2, 0.25) is 0 Å². The van der Waals surface area contributed by atoms with Gasteiger partial charge in [-0.1, -0.05) is 97.1 Å². The van der Waals surface area contributed by atoms with Gasteiger partial charge in [-0.15, -0.1) is 0 Å². The highest BCUT2D eigenvalue weighted by Gasteiger charge is 2.37. The molecule has 0 saturated heterocycles. The SMILES string of the molecule is CNC(c1ccccc1)(c1ccccc1)c1ccc(OP(=O)(O)O)cc1-c1ccccc1. The standard InChI is InChI=1S/C26H24NO4P/c1-27-26(21-13-7-3-8-14-21,22-15-9-4-10-16-22)25-18-17-23(31-32(28,29)30)19-24(25)20-11-5-2-6-12-20/h2-19,27H,1H3,(H2,28,29,30). The first-order valence-electron chi connectivity index (χ1n) is 10.2. The molecule has 0 aliphatic rings. The average Bonchev–Trinajstić information content (AvgIpc) is 2.81. The summed E-state index contributed by atoms with van der Waals surface area (Å²) in [5.41, 5.74) is 4.00. The van der Waals surface area contributed by atoms with E-state index in [-0.39, 0.29) is 5.75 Å². The molecule has 0 radical (unpaired) electrons. The summed E-state index contributed by atoms with van der Waals surface area (Å²) < 4.78 is 16.4. The van der Waals surface area contributed by atoms with E-state index >= 15 is 0 Å². The third-order valence-electron chi connectivity index (χ3n) is 5.49. The number of hydrogen-bond donors (Lipinski definition) is 3. The Morgan fingerprint density at radius 2 is 1.25 bits per heavy atom. The first-order chi connectivity index (χ1) is 15.4. The van der Waals surface area contributed by atoms with Gasteiger partial charge in [-0.25, -0.2) is 4.57 Å². The predicted molar refractivity (Wildman–Crippen MR) is 126 cm³/mol. The lowest BCUT2D eigenvalue weighted by Gasteiger charge is -2.37. The minimum absolute atomic E-state index is 0.104. The quantitative estimate of drug-likeness (QED) is 0.265. The predicted octanol–water partition coefficient (Wildman–Crippen LogP) is 5.34. The zero-order valence-electron chi connectivity index (χ0n) is 17.6. The van der Waals surface area contributed by atoms with Gasteiger partial charge in [0, 0.05) is 0 Å². The molecule has 0 aliphatic carbocycles. The molecular weight excluding hydrogens is 421 g/mol. The van der Waals surface area contributed by atoms with Gasteiger partial charge in [0.05, 0.1) is 5.54 Å². The first-order valence-corrected chi connectivity index (χ1v) is 11.7. The van der Waals surface area contributed by atoms with Crippen LogP contribution in [0.5, 0.6) is 5.75 Å². The van der Waals surface area contributed by atoms with Crippen molar-refractivity contribution in [2.24, 2.45) is 0 Å². The van der Waals surface area contributed by atoms with Crippen LogP contribution >= 0.6 is 7.82 Å². The lowest BCUT2D eigenvalue weighted by Crippen LogP contribution is -2.42. The van der Waals surface area contributed by atoms with Gasteiger partial charge in [0.15, 0.2) is 0 Å². The average molecular weight is 445 g/mol. The summed E-state index contributed by atoms with van der Waals surface area (Å²) in [5, 5.41) is 3.55. The molecule has 0 heterocycles. The van der Waals surface area contributed by atoms with E-state index in [1.54, 1.807) is 12.1 Å². The number of phosphoric ester groups is 1. The van der Waals surface area contributed by atoms with Crippen molar-refractivity contribution < 1.29 is 18.9 Å². The van der Waals surface area contributed by atoms with Crippen LogP contribution in [0, 0.1) is 0 Å². The van der Waals surface area contributed by atoms with E-state index in [1.165, 1.54) is 0 Å². The summed E-state index contributed by atoms with van der Waals surface area (Å²) in [6.45, 7) is 0. The van der Waals surface area contributed by atoms with E-state index in [2.05, 4.69) is 29.6 Å². The molecule has 0 amide bonds. The van der Waals surface area contributed by atoms with Gasteiger partial charge in [0.1, 0.15) is 5.75 Å². The van der Waals surface area contributed by atoms with Gasteiger partial charge in [0.25, 0.3) is 0 Å². The van der Waals surface area contributed by atoms with Gasteiger partial charge in [-0.3, -0.25) is 9.79 Å². The maximum atomic E-state index is 11.5. The van der Waals surface area contributed by atoms with Crippen LogP contribution in [-0.4, -0.2) is 16.8 Å². The maximum Gasteiger partial charge on any atom is 0.524 e. The van der Waals surface area contributed by atoms with Crippen LogP contribution in [0.25, 0.3) is 11.1 Å². The second-order valence-corrected chi connectivity index (χ2v) is 8.55. The number of phosphoric acid groups is 1. The van der Waals surface area contributed by atoms with Gasteiger partial charge in [-0.05, 0) is 47.0 Å². The largest absolute Gasteiger partial charge is 0.524 e. The van der Waals surface area contributed by atoms with E-state index < -0.39 is 13.4 Å². The molecule has 4 aromatic carbocycles. The van der Waals surface area contributed by atoms with Gasteiger partial charge in [-0.2, -0.15) is 0 Å². The summed E-state index contributed by atoms with van der Waals surface area (Å²) in [7, 11) is -2.78. The van der Waals surface area contributed by atoms with Crippen molar-refractivity contribution in [3.05, 3.63) is 126 Å². The van der Waals surface area contributed by atoms with Crippen LogP contribution in [0.3, 0.4) is 0 Å². The lowest BCUT2D eigenvalue weighted by atomic mass is 9.74. The van der Waals surface area contributed by atoms with Crippen molar-refractivity contribution in [1.82, 2.24) is 5.32 Å². The van der Waals surface area contributed by atoms with Crippen LogP contribution < -0.4 is 9.84 Å². The van der Waals surface area contributed by atoms with E-state index in [0.29, 0.717) is 0 Å². The van der Waals surface area contributed by atoms with Gasteiger partial charge >= 0.3 is 7.82 Å². The molecule has 3 N–H and O–H groups in total. The highest BCUT2D eigenvalue weighted by atomic mass is 31.2. The van der Waals surface area contributed by atoms with Crippen LogP contribution in [0.4, 0.5) is 0 Å². The summed E-state index contributed by atoms with van der Waals surface area (Å²) in [4.78, 5) is 18.7. The normalized spacial score (nSPS) is 11.8. The number of benzene rings is 4. The first kappa shape index (κ1) is 22.0. The summed E-state index contributed by atoms with van der Waals surface area (Å²) in [6.07, 6.45) is 0. The van der Waals surface area contributed by atoms with Crippen molar-refractivity contribution in [2.75, 3.05) is 7.05 Å². The lowest BCUT2D eigenvalue weighted by molar-refractivity contribution is 0.283. The molecule has 0 bridgehead atoms. The van der Waals surface area contributed by atoms with Crippen molar-refractivity contribution in [2.45, 2.75) is 5.54 Å². The fraction of sp³-hybridized carbons (Fsp3) is 0.0769. The molecule has 0 atom stereocenters. The van der Waals surface area contributed by atoms with Gasteiger partial charge < -0.3 is 9.84 Å². The Labute approximate surface area is 187 Å². The third kappa shape index (κ3) is 4.38. The van der Waals surface area contributed by atoms with Crippen molar-refractivity contribution in [3.8, 4) is 16.9 Å². The Kier molecular flexibility index (Phi) is 6.26. The Bertz CT molecular complexity index is 1190. The summed E-state index contributed by atoms with van der Waals surface area (Å²) in [5.74, 6) is 0.104. The molecule has 5 nitrogen and oxygen atoms in total. The smallest absolute Gasteiger partial charge is 0.404 e. The zero-order valence-corrected chi connectivity index (χ0v) is 18.4. The molecule has 4 rings (SSSR count). The molecule has 0 aliphatic heterocycles. The fourth-order valence-electron chi connectivity index (χ4n) is 4.18. The molecule has 32 heavy (non-hydrogen) atoms. The van der Waals surface area contributed by atoms with E-state index in [4.69, 9.17) is 4.52 Å². The minimum atomic E-state index is -4.69. The third-order valence-corrected chi connectivity index (χ3v) is 5.94. The van der Waals surface area contributed by atoms with E-state index in [1.807, 2.05) is 79.8 Å². The van der Waals surface area contributed by atoms with E-state index in [0.717, 1.165) is 27.8 Å². The second kappa shape index (κ2) is 9.11. The zero-order chi connectivity index (χ0) is 22.6. The molecule has 0 unspecified atom stereocenters. The summed E-state index contributed by atoms with van der Waals surface area (Å²) in [6, 6.07) is 35.1. The molecule has 162 valence electrons. The Morgan fingerprint density at radius 1 is 0.750 bits per heavy atom. The Morgan fingerprint density at radius 3 is 1.72 bits per heavy atom. The molecular formula is C26H24NO4P. The van der Waals surface area contributed by atoms with Crippen molar-refractivity contribution in [1.29, 1.82) is 0 Å². The number of nitrogens with one attached hydrogen (secondary N) is 1. The highest BCUT2D eigenvalue weighted by molar-refractivity contribution is 7.46. The fourth-order valence-corrected chi connectivity index (χ4v) is 4.57. The second-order valence-electron chi connectivity index (χ2n) is 7.39. The molecule has 0 fully saturated rings. The molecule has 0 spiro atoms. The van der Waals surface area contributed by atoms with Crippen LogP contribution in [0.1, 0.15) is 16.7 Å². The summed E-state index contributed by atoms with van der Waals surface area (Å²) >= 11 is 0. The van der Waals surface area contributed by atoms with Crippen LogP contribution in [0.2, 0.25) is 0 Å². The minimum Gasteiger partial charge on any atom is -0.404 e. The highest BCUT2D eigenvalue weighted by Crippen LogP contribution is 2.45. The number of hydrogen-bond acceptors (Lipinski definition) is 3.